The maximum Gasteiger partial charge on any atom is 0.354 e. The van der Waals surface area contributed by atoms with Crippen LogP contribution in [0.25, 0.3) is 11.1 Å². The smallest absolute Gasteiger partial charge is 0.354 e. The van der Waals surface area contributed by atoms with Crippen molar-refractivity contribution in [2.24, 2.45) is 0 Å². The first-order chi connectivity index (χ1) is 8.63. The minimum atomic E-state index is -1.07. The van der Waals surface area contributed by atoms with Crippen LogP contribution in [0.3, 0.4) is 0 Å². The summed E-state index contributed by atoms with van der Waals surface area (Å²) >= 11 is 1.72. The highest BCUT2D eigenvalue weighted by atomic mass is 32.2. The number of nitrogens with two attached hydrogens (primary N) is 1. The highest BCUT2D eigenvalue weighted by Gasteiger charge is 2.18. The van der Waals surface area contributed by atoms with Gasteiger partial charge in [-0.2, -0.15) is 5.10 Å². The second-order valence-corrected chi connectivity index (χ2v) is 4.96. The molecule has 0 spiro atoms. The van der Waals surface area contributed by atoms with Gasteiger partial charge < -0.3 is 10.8 Å². The lowest BCUT2D eigenvalue weighted by Crippen LogP contribution is -1.99. The Morgan fingerprint density at radius 2 is 2.11 bits per heavy atom. The number of aromatic nitrogens is 2. The summed E-state index contributed by atoms with van der Waals surface area (Å²) < 4.78 is 0. The van der Waals surface area contributed by atoms with Crippen molar-refractivity contribution < 1.29 is 9.90 Å². The van der Waals surface area contributed by atoms with Crippen molar-refractivity contribution in [2.45, 2.75) is 11.8 Å². The summed E-state index contributed by atoms with van der Waals surface area (Å²) in [5.74, 6) is 0.123. The molecule has 1 aromatic carbocycles. The van der Waals surface area contributed by atoms with Crippen LogP contribution >= 0.6 is 11.8 Å². The summed E-state index contributed by atoms with van der Waals surface area (Å²) in [5, 5.41) is 15.2. The molecule has 5 nitrogen and oxygen atoms in total. The first-order valence-corrected chi connectivity index (χ1v) is 6.42. The maximum absolute atomic E-state index is 11.0. The molecular formula is C12H13N3O2S. The normalized spacial score (nSPS) is 10.5. The summed E-state index contributed by atoms with van der Waals surface area (Å²) in [4.78, 5) is 12.2. The third-order valence-corrected chi connectivity index (χ3v) is 3.36. The van der Waals surface area contributed by atoms with Crippen molar-refractivity contribution in [3.63, 3.8) is 0 Å². The van der Waals surface area contributed by atoms with Crippen molar-refractivity contribution in [3.8, 4) is 11.1 Å². The van der Waals surface area contributed by atoms with Crippen LogP contribution in [0, 0.1) is 0 Å². The van der Waals surface area contributed by atoms with Crippen LogP contribution in [0.2, 0.25) is 0 Å². The predicted molar refractivity (Wildman–Crippen MR) is 71.8 cm³/mol. The quantitative estimate of drug-likeness (QED) is 0.737. The van der Waals surface area contributed by atoms with Crippen molar-refractivity contribution in [1.29, 1.82) is 0 Å². The largest absolute Gasteiger partial charge is 0.477 e. The predicted octanol–water partition coefficient (Wildman–Crippen LogP) is 2.47. The Labute approximate surface area is 108 Å². The number of rotatable bonds is 4. The van der Waals surface area contributed by atoms with Gasteiger partial charge >= 0.3 is 5.97 Å². The Morgan fingerprint density at radius 3 is 2.67 bits per heavy atom. The Kier molecular flexibility index (Phi) is 3.57. The molecule has 0 amide bonds. The molecule has 0 atom stereocenters. The molecule has 6 heteroatoms. The molecule has 0 aliphatic heterocycles. The minimum Gasteiger partial charge on any atom is -0.477 e. The molecule has 0 saturated carbocycles. The topological polar surface area (TPSA) is 92.0 Å². The zero-order chi connectivity index (χ0) is 13.1. The van der Waals surface area contributed by atoms with Gasteiger partial charge in [-0.05, 0) is 23.4 Å². The molecule has 1 aromatic heterocycles. The van der Waals surface area contributed by atoms with E-state index in [1.165, 1.54) is 0 Å². The molecule has 0 unspecified atom stereocenters. The molecule has 0 saturated heterocycles. The van der Waals surface area contributed by atoms with Crippen LogP contribution in [-0.2, 0) is 0 Å². The van der Waals surface area contributed by atoms with Gasteiger partial charge in [-0.25, -0.2) is 4.79 Å². The molecule has 2 aromatic rings. The van der Waals surface area contributed by atoms with Crippen molar-refractivity contribution >= 4 is 23.5 Å². The average molecular weight is 263 g/mol. The van der Waals surface area contributed by atoms with E-state index in [9.17, 15) is 4.79 Å². The van der Waals surface area contributed by atoms with Gasteiger partial charge in [-0.1, -0.05) is 19.1 Å². The molecule has 94 valence electrons. The second kappa shape index (κ2) is 5.14. The van der Waals surface area contributed by atoms with Crippen molar-refractivity contribution in [3.05, 3.63) is 30.0 Å². The minimum absolute atomic E-state index is 0.0170. The molecular weight excluding hydrogens is 250 g/mol. The van der Waals surface area contributed by atoms with Crippen LogP contribution in [-0.4, -0.2) is 27.0 Å². The second-order valence-electron chi connectivity index (χ2n) is 3.62. The van der Waals surface area contributed by atoms with Crippen LogP contribution in [0.1, 0.15) is 17.4 Å². The van der Waals surface area contributed by atoms with E-state index in [0.29, 0.717) is 5.56 Å². The number of anilines is 1. The van der Waals surface area contributed by atoms with Gasteiger partial charge in [0, 0.05) is 4.90 Å². The number of carboxylic acid groups (broad SMARTS) is 1. The molecule has 0 aliphatic rings. The molecule has 18 heavy (non-hydrogen) atoms. The fraction of sp³-hybridized carbons (Fsp3) is 0.167. The van der Waals surface area contributed by atoms with E-state index in [2.05, 4.69) is 17.1 Å². The van der Waals surface area contributed by atoms with E-state index in [1.807, 2.05) is 24.3 Å². The van der Waals surface area contributed by atoms with Crippen LogP contribution in [0.5, 0.6) is 0 Å². The van der Waals surface area contributed by atoms with E-state index in [4.69, 9.17) is 10.8 Å². The number of aromatic amines is 1. The number of carbonyl (C=O) groups is 1. The van der Waals surface area contributed by atoms with Gasteiger partial charge in [0.25, 0.3) is 0 Å². The zero-order valence-electron chi connectivity index (χ0n) is 9.80. The van der Waals surface area contributed by atoms with Crippen molar-refractivity contribution in [2.75, 3.05) is 11.5 Å². The van der Waals surface area contributed by atoms with E-state index in [0.717, 1.165) is 16.2 Å². The highest BCUT2D eigenvalue weighted by molar-refractivity contribution is 7.99. The van der Waals surface area contributed by atoms with Gasteiger partial charge in [0.05, 0.1) is 5.56 Å². The number of aromatic carboxylic acids is 1. The van der Waals surface area contributed by atoms with Crippen LogP contribution < -0.4 is 5.73 Å². The average Bonchev–Trinajstić information content (AvgIpc) is 2.73. The summed E-state index contributed by atoms with van der Waals surface area (Å²) in [7, 11) is 0. The molecule has 2 rings (SSSR count). The fourth-order valence-corrected chi connectivity index (χ4v) is 2.35. The number of nitrogens with one attached hydrogen (secondary N) is 1. The van der Waals surface area contributed by atoms with Crippen LogP contribution in [0.15, 0.2) is 29.2 Å². The Balaban J connectivity index is 2.42. The third kappa shape index (κ3) is 2.33. The summed E-state index contributed by atoms with van der Waals surface area (Å²) in [6.07, 6.45) is 0. The summed E-state index contributed by atoms with van der Waals surface area (Å²) in [6, 6.07) is 7.60. The zero-order valence-corrected chi connectivity index (χ0v) is 10.6. The Morgan fingerprint density at radius 1 is 1.44 bits per heavy atom. The molecule has 0 aliphatic carbocycles. The molecule has 4 N–H and O–H groups in total. The van der Waals surface area contributed by atoms with E-state index < -0.39 is 5.97 Å². The van der Waals surface area contributed by atoms with Gasteiger partial charge in [-0.15, -0.1) is 11.8 Å². The number of nitrogen functional groups attached to an aromatic ring is 1. The number of nitrogens with zero attached hydrogens (tertiary/aromatic N) is 1. The van der Waals surface area contributed by atoms with E-state index in [-0.39, 0.29) is 11.5 Å². The summed E-state index contributed by atoms with van der Waals surface area (Å²) in [6.45, 7) is 2.08. The number of H-pyrrole nitrogens is 1. The Hall–Kier alpha value is -1.95. The fourth-order valence-electron chi connectivity index (χ4n) is 1.69. The lowest BCUT2D eigenvalue weighted by Gasteiger charge is -2.03. The molecule has 1 heterocycles. The molecule has 0 bridgehead atoms. The van der Waals surface area contributed by atoms with Crippen molar-refractivity contribution in [1.82, 2.24) is 10.2 Å². The highest BCUT2D eigenvalue weighted by Crippen LogP contribution is 2.29. The molecule has 0 radical (unpaired) electrons. The number of carboxylic acids is 1. The third-order valence-electron chi connectivity index (χ3n) is 2.46. The first kappa shape index (κ1) is 12.5. The Bertz CT molecular complexity index is 563. The number of hydrogen-bond acceptors (Lipinski definition) is 4. The van der Waals surface area contributed by atoms with Gasteiger partial charge in [0.1, 0.15) is 0 Å². The number of thioether (sulfide) groups is 1. The number of benzene rings is 1. The standard InChI is InChI=1S/C12H13N3O2S/c1-2-18-8-5-3-7(4-6-8)9-10(12(16)17)14-15-11(9)13/h3-6H,2H2,1H3,(H,16,17)(H3,13,14,15). The van der Waals surface area contributed by atoms with E-state index >= 15 is 0 Å². The van der Waals surface area contributed by atoms with E-state index in [1.54, 1.807) is 11.8 Å². The lowest BCUT2D eigenvalue weighted by atomic mass is 10.1. The summed E-state index contributed by atoms with van der Waals surface area (Å²) in [5.41, 5.74) is 6.90. The lowest BCUT2D eigenvalue weighted by molar-refractivity contribution is 0.0691. The SMILES string of the molecule is CCSc1ccc(-c2c(N)n[nH]c2C(=O)O)cc1. The molecule has 0 fully saturated rings. The van der Waals surface area contributed by atoms with Gasteiger partial charge in [0.15, 0.2) is 11.5 Å². The van der Waals surface area contributed by atoms with Crippen LogP contribution in [0.4, 0.5) is 5.82 Å². The van der Waals surface area contributed by atoms with Gasteiger partial charge in [-0.3, -0.25) is 5.10 Å². The first-order valence-electron chi connectivity index (χ1n) is 5.43. The maximum atomic E-state index is 11.0. The number of hydrogen-bond donors (Lipinski definition) is 3. The monoisotopic (exact) mass is 263 g/mol. The van der Waals surface area contributed by atoms with Gasteiger partial charge in [0.2, 0.25) is 0 Å².